The largest absolute Gasteiger partial charge is 0.348 e. The van der Waals surface area contributed by atoms with E-state index in [0.29, 0.717) is 35.4 Å². The molecule has 2 aromatic carbocycles. The van der Waals surface area contributed by atoms with Gasteiger partial charge in [-0.05, 0) is 36.1 Å². The molecule has 0 atom stereocenters. The third-order valence-electron chi connectivity index (χ3n) is 6.63. The summed E-state index contributed by atoms with van der Waals surface area (Å²) in [6, 6.07) is 17.5. The minimum atomic E-state index is -0.225. The van der Waals surface area contributed by atoms with E-state index in [2.05, 4.69) is 39.6 Å². The van der Waals surface area contributed by atoms with Gasteiger partial charge in [0.05, 0.1) is 16.6 Å². The molecule has 0 spiro atoms. The number of likely N-dealkylation sites (tertiary alicyclic amines) is 1. The van der Waals surface area contributed by atoms with Crippen LogP contribution in [0, 0.1) is 0 Å². The fraction of sp³-hybridized carbons (Fsp3) is 0.346. The van der Waals surface area contributed by atoms with Crippen molar-refractivity contribution in [1.82, 2.24) is 24.9 Å². The smallest absolute Gasteiger partial charge is 0.272 e. The highest BCUT2D eigenvalue weighted by Crippen LogP contribution is 2.24. The first-order valence-corrected chi connectivity index (χ1v) is 12.6. The van der Waals surface area contributed by atoms with Gasteiger partial charge in [-0.3, -0.25) is 19.2 Å². The maximum atomic E-state index is 13.1. The van der Waals surface area contributed by atoms with Gasteiger partial charge in [0.25, 0.3) is 11.8 Å². The normalized spacial score (nSPS) is 16.9. The fourth-order valence-electron chi connectivity index (χ4n) is 4.69. The van der Waals surface area contributed by atoms with Crippen LogP contribution in [0.1, 0.15) is 44.9 Å². The van der Waals surface area contributed by atoms with Crippen LogP contribution in [0.15, 0.2) is 54.6 Å². The van der Waals surface area contributed by atoms with Gasteiger partial charge in [0.15, 0.2) is 5.69 Å². The number of nitrogens with one attached hydrogen (secondary N) is 1. The highest BCUT2D eigenvalue weighted by atomic mass is 35.5. The summed E-state index contributed by atoms with van der Waals surface area (Å²) in [6.45, 7) is 4.26. The molecule has 2 aliphatic heterocycles. The number of hydrogen-bond acceptors (Lipinski definition) is 4. The standard InChI is InChI=1S/C26H27Cl2N5O2/c27-21-7-6-19(14-22(21)28)17-32-12-13-33-24(26(32)35)15-23(30-33)25(34)29-20-8-10-31(11-9-20)16-18-4-2-1-3-5-18/h1-7,14-15,20H,8-13,16-17H2,(H,29,34). The van der Waals surface area contributed by atoms with Crippen LogP contribution in [-0.2, 0) is 19.6 Å². The molecule has 1 fully saturated rings. The van der Waals surface area contributed by atoms with Crippen LogP contribution in [-0.4, -0.2) is 57.1 Å². The van der Waals surface area contributed by atoms with E-state index < -0.39 is 0 Å². The van der Waals surface area contributed by atoms with Crippen molar-refractivity contribution < 1.29 is 9.59 Å². The predicted octanol–water partition coefficient (Wildman–Crippen LogP) is 4.24. The van der Waals surface area contributed by atoms with Crippen LogP contribution in [0.5, 0.6) is 0 Å². The molecular weight excluding hydrogens is 485 g/mol. The molecule has 0 saturated carbocycles. The van der Waals surface area contributed by atoms with E-state index >= 15 is 0 Å². The average Bonchev–Trinajstić information content (AvgIpc) is 3.31. The number of piperidine rings is 1. The van der Waals surface area contributed by atoms with E-state index in [9.17, 15) is 9.59 Å². The summed E-state index contributed by atoms with van der Waals surface area (Å²) in [5.41, 5.74) is 2.92. The first-order chi connectivity index (χ1) is 17.0. The Hall–Kier alpha value is -2.87. The Morgan fingerprint density at radius 3 is 2.43 bits per heavy atom. The summed E-state index contributed by atoms with van der Waals surface area (Å²) in [7, 11) is 0. The Kier molecular flexibility index (Phi) is 7.09. The van der Waals surface area contributed by atoms with Crippen molar-refractivity contribution in [3.63, 3.8) is 0 Å². The quantitative estimate of drug-likeness (QED) is 0.537. The van der Waals surface area contributed by atoms with Gasteiger partial charge < -0.3 is 10.2 Å². The van der Waals surface area contributed by atoms with E-state index in [-0.39, 0.29) is 23.6 Å². The number of halogens is 2. The lowest BCUT2D eigenvalue weighted by Crippen LogP contribution is -2.44. The summed E-state index contributed by atoms with van der Waals surface area (Å²) in [6.07, 6.45) is 1.78. The zero-order valence-electron chi connectivity index (χ0n) is 19.3. The Bertz CT molecular complexity index is 1220. The number of hydrogen-bond donors (Lipinski definition) is 1. The highest BCUT2D eigenvalue weighted by molar-refractivity contribution is 6.42. The molecule has 3 aromatic rings. The molecule has 2 aliphatic rings. The lowest BCUT2D eigenvalue weighted by atomic mass is 10.0. The number of amides is 2. The molecular formula is C26H27Cl2N5O2. The molecule has 0 unspecified atom stereocenters. The first kappa shape index (κ1) is 23.9. The number of fused-ring (bicyclic) bond motifs is 1. The molecule has 5 rings (SSSR count). The highest BCUT2D eigenvalue weighted by Gasteiger charge is 2.29. The van der Waals surface area contributed by atoms with Crippen molar-refractivity contribution in [2.75, 3.05) is 19.6 Å². The van der Waals surface area contributed by atoms with Crippen LogP contribution in [0.4, 0.5) is 0 Å². The predicted molar refractivity (Wildman–Crippen MR) is 136 cm³/mol. The number of carbonyl (C=O) groups is 2. The third kappa shape index (κ3) is 5.53. The van der Waals surface area contributed by atoms with Crippen LogP contribution < -0.4 is 5.32 Å². The number of carbonyl (C=O) groups excluding carboxylic acids is 2. The Morgan fingerprint density at radius 2 is 1.69 bits per heavy atom. The Labute approximate surface area is 214 Å². The molecule has 7 nitrogen and oxygen atoms in total. The van der Waals surface area contributed by atoms with Gasteiger partial charge in [0.1, 0.15) is 5.69 Å². The summed E-state index contributed by atoms with van der Waals surface area (Å²) in [5, 5.41) is 8.47. The number of aromatic nitrogens is 2. The molecule has 0 bridgehead atoms. The van der Waals surface area contributed by atoms with Gasteiger partial charge >= 0.3 is 0 Å². The minimum absolute atomic E-state index is 0.107. The van der Waals surface area contributed by atoms with E-state index in [1.165, 1.54) is 5.56 Å². The van der Waals surface area contributed by atoms with E-state index in [4.69, 9.17) is 23.2 Å². The summed E-state index contributed by atoms with van der Waals surface area (Å²) >= 11 is 12.1. The molecule has 2 amide bonds. The van der Waals surface area contributed by atoms with Gasteiger partial charge in [0.2, 0.25) is 0 Å². The number of nitrogens with zero attached hydrogens (tertiary/aromatic N) is 4. The van der Waals surface area contributed by atoms with Gasteiger partial charge in [-0.2, -0.15) is 5.10 Å². The Balaban J connectivity index is 1.16. The SMILES string of the molecule is O=C(NC1CCN(Cc2ccccc2)CC1)c1cc2n(n1)CCN(Cc1ccc(Cl)c(Cl)c1)C2=O. The van der Waals surface area contributed by atoms with Crippen molar-refractivity contribution in [2.45, 2.75) is 38.5 Å². The maximum absolute atomic E-state index is 13.1. The molecule has 35 heavy (non-hydrogen) atoms. The maximum Gasteiger partial charge on any atom is 0.272 e. The van der Waals surface area contributed by atoms with Crippen molar-refractivity contribution in [3.05, 3.63) is 87.2 Å². The molecule has 3 heterocycles. The molecule has 9 heteroatoms. The lowest BCUT2D eigenvalue weighted by molar-refractivity contribution is 0.0683. The molecule has 0 aliphatic carbocycles. The van der Waals surface area contributed by atoms with Crippen LogP contribution in [0.2, 0.25) is 10.0 Å². The lowest BCUT2D eigenvalue weighted by Gasteiger charge is -2.32. The second-order valence-electron chi connectivity index (χ2n) is 9.12. The van der Waals surface area contributed by atoms with Crippen molar-refractivity contribution in [1.29, 1.82) is 0 Å². The molecule has 0 radical (unpaired) electrons. The van der Waals surface area contributed by atoms with E-state index in [1.54, 1.807) is 27.8 Å². The molecule has 1 N–H and O–H groups in total. The number of benzene rings is 2. The second kappa shape index (κ2) is 10.4. The fourth-order valence-corrected chi connectivity index (χ4v) is 5.02. The average molecular weight is 512 g/mol. The topological polar surface area (TPSA) is 70.5 Å². The van der Waals surface area contributed by atoms with Crippen LogP contribution >= 0.6 is 23.2 Å². The molecule has 182 valence electrons. The van der Waals surface area contributed by atoms with Crippen molar-refractivity contribution in [2.24, 2.45) is 0 Å². The van der Waals surface area contributed by atoms with Gasteiger partial charge in [-0.1, -0.05) is 59.6 Å². The van der Waals surface area contributed by atoms with E-state index in [0.717, 1.165) is 38.0 Å². The van der Waals surface area contributed by atoms with Gasteiger partial charge in [0, 0.05) is 44.8 Å². The van der Waals surface area contributed by atoms with Crippen LogP contribution in [0.3, 0.4) is 0 Å². The van der Waals surface area contributed by atoms with Gasteiger partial charge in [-0.15, -0.1) is 0 Å². The monoisotopic (exact) mass is 511 g/mol. The second-order valence-corrected chi connectivity index (χ2v) is 9.94. The summed E-state index contributed by atoms with van der Waals surface area (Å²) in [5.74, 6) is -0.375. The zero-order valence-corrected chi connectivity index (χ0v) is 20.8. The molecule has 1 saturated heterocycles. The van der Waals surface area contributed by atoms with E-state index in [1.807, 2.05) is 12.1 Å². The third-order valence-corrected chi connectivity index (χ3v) is 7.37. The Morgan fingerprint density at radius 1 is 0.914 bits per heavy atom. The first-order valence-electron chi connectivity index (χ1n) is 11.8. The van der Waals surface area contributed by atoms with Crippen LogP contribution in [0.25, 0.3) is 0 Å². The number of rotatable bonds is 6. The molecule has 1 aromatic heterocycles. The van der Waals surface area contributed by atoms with Crippen molar-refractivity contribution in [3.8, 4) is 0 Å². The van der Waals surface area contributed by atoms with Gasteiger partial charge in [-0.25, -0.2) is 0 Å². The zero-order chi connectivity index (χ0) is 24.4. The summed E-state index contributed by atoms with van der Waals surface area (Å²) < 4.78 is 1.63. The summed E-state index contributed by atoms with van der Waals surface area (Å²) in [4.78, 5) is 30.1. The minimum Gasteiger partial charge on any atom is -0.348 e. The van der Waals surface area contributed by atoms with Crippen molar-refractivity contribution >= 4 is 35.0 Å².